The number of benzene rings is 3. The zero-order chi connectivity index (χ0) is 22.4. The Morgan fingerprint density at radius 3 is 2.39 bits per heavy atom. The maximum atomic E-state index is 12.8. The van der Waals surface area contributed by atoms with Crippen molar-refractivity contribution >= 4 is 39.1 Å². The Morgan fingerprint density at radius 2 is 1.74 bits per heavy atom. The number of allylic oxidation sites excluding steroid dienone is 1. The van der Waals surface area contributed by atoms with E-state index in [2.05, 4.69) is 0 Å². The van der Waals surface area contributed by atoms with E-state index >= 15 is 0 Å². The first kappa shape index (κ1) is 22.7. The van der Waals surface area contributed by atoms with Crippen LogP contribution in [0.25, 0.3) is 6.08 Å². The first-order chi connectivity index (χ1) is 14.8. The molecule has 8 heteroatoms. The fraction of sp³-hybridized carbons (Fsp3) is 0.0870. The van der Waals surface area contributed by atoms with E-state index in [9.17, 15) is 13.7 Å². The summed E-state index contributed by atoms with van der Waals surface area (Å²) in [5.74, 6) is 0.848. The molecule has 0 atom stereocenters. The summed E-state index contributed by atoms with van der Waals surface area (Å²) in [6.45, 7) is 0.236. The molecule has 3 rings (SSSR count). The second-order valence-electron chi connectivity index (χ2n) is 6.37. The Bertz CT molecular complexity index is 1260. The summed E-state index contributed by atoms with van der Waals surface area (Å²) in [4.78, 5) is -0.419. The maximum Gasteiger partial charge on any atom is 0.216 e. The van der Waals surface area contributed by atoms with Gasteiger partial charge < -0.3 is 9.47 Å². The Kier molecular flexibility index (Phi) is 7.24. The van der Waals surface area contributed by atoms with E-state index in [-0.39, 0.29) is 11.5 Å². The van der Waals surface area contributed by atoms with E-state index < -0.39 is 14.7 Å². The number of rotatable bonds is 7. The summed E-state index contributed by atoms with van der Waals surface area (Å²) < 4.78 is 36.8. The van der Waals surface area contributed by atoms with Crippen molar-refractivity contribution in [2.24, 2.45) is 0 Å². The lowest BCUT2D eigenvalue weighted by molar-refractivity contribution is 0.284. The molecule has 5 nitrogen and oxygen atoms in total. The van der Waals surface area contributed by atoms with Crippen molar-refractivity contribution in [3.8, 4) is 17.6 Å². The van der Waals surface area contributed by atoms with Crippen LogP contribution in [0, 0.1) is 11.3 Å². The van der Waals surface area contributed by atoms with Crippen molar-refractivity contribution in [1.29, 1.82) is 5.26 Å². The van der Waals surface area contributed by atoms with Gasteiger partial charge >= 0.3 is 0 Å². The highest BCUT2D eigenvalue weighted by molar-refractivity contribution is 7.95. The molecule has 0 amide bonds. The van der Waals surface area contributed by atoms with E-state index in [1.54, 1.807) is 30.3 Å². The van der Waals surface area contributed by atoms with Gasteiger partial charge in [-0.25, -0.2) is 8.42 Å². The average molecular weight is 474 g/mol. The molecule has 0 N–H and O–H groups in total. The van der Waals surface area contributed by atoms with Crippen molar-refractivity contribution in [3.63, 3.8) is 0 Å². The number of nitrogens with zero attached hydrogens (tertiary/aromatic N) is 1. The molecule has 0 saturated carbocycles. The van der Waals surface area contributed by atoms with E-state index in [0.717, 1.165) is 5.56 Å². The minimum Gasteiger partial charge on any atom is -0.493 e. The van der Waals surface area contributed by atoms with Crippen LogP contribution in [0.5, 0.6) is 11.5 Å². The predicted octanol–water partition coefficient (Wildman–Crippen LogP) is 5.92. The summed E-state index contributed by atoms with van der Waals surface area (Å²) in [7, 11) is -2.52. The normalized spacial score (nSPS) is 11.6. The van der Waals surface area contributed by atoms with Gasteiger partial charge in [-0.05, 0) is 54.1 Å². The number of halogens is 2. The topological polar surface area (TPSA) is 76.4 Å². The molecule has 0 unspecified atom stereocenters. The highest BCUT2D eigenvalue weighted by Crippen LogP contribution is 2.31. The molecule has 0 bridgehead atoms. The monoisotopic (exact) mass is 473 g/mol. The Labute approximate surface area is 191 Å². The maximum absolute atomic E-state index is 12.8. The molecule has 0 aromatic heterocycles. The predicted molar refractivity (Wildman–Crippen MR) is 121 cm³/mol. The van der Waals surface area contributed by atoms with Gasteiger partial charge in [0.25, 0.3) is 0 Å². The smallest absolute Gasteiger partial charge is 0.216 e. The lowest BCUT2D eigenvalue weighted by Crippen LogP contribution is -2.03. The molecule has 158 valence electrons. The van der Waals surface area contributed by atoms with Crippen LogP contribution in [-0.2, 0) is 16.4 Å². The number of hydrogen-bond acceptors (Lipinski definition) is 5. The molecule has 31 heavy (non-hydrogen) atoms. The minimum atomic E-state index is -3.99. The molecule has 3 aromatic carbocycles. The molecule has 0 spiro atoms. The van der Waals surface area contributed by atoms with Gasteiger partial charge in [-0.2, -0.15) is 5.26 Å². The van der Waals surface area contributed by atoms with Crippen molar-refractivity contribution in [1.82, 2.24) is 0 Å². The SMILES string of the molecule is COc1cc(/C=C(\C#N)S(=O)(=O)c2ccc(Cl)cc2)ccc1OCc1ccccc1Cl. The van der Waals surface area contributed by atoms with Gasteiger partial charge in [0.2, 0.25) is 9.84 Å². The third kappa shape index (κ3) is 5.39. The average Bonchev–Trinajstić information content (AvgIpc) is 2.77. The minimum absolute atomic E-state index is 0.0173. The molecule has 0 heterocycles. The number of methoxy groups -OCH3 is 1. The largest absolute Gasteiger partial charge is 0.493 e. The second kappa shape index (κ2) is 9.88. The Hall–Kier alpha value is -2.98. The number of nitriles is 1. The van der Waals surface area contributed by atoms with E-state index in [4.69, 9.17) is 32.7 Å². The van der Waals surface area contributed by atoms with Crippen LogP contribution < -0.4 is 9.47 Å². The summed E-state index contributed by atoms with van der Waals surface area (Å²) in [6, 6.07) is 19.6. The molecule has 3 aromatic rings. The van der Waals surface area contributed by atoms with E-state index in [1.807, 2.05) is 18.2 Å². The van der Waals surface area contributed by atoms with Crippen LogP contribution in [-0.4, -0.2) is 15.5 Å². The van der Waals surface area contributed by atoms with Gasteiger partial charge in [-0.1, -0.05) is 47.5 Å². The van der Waals surface area contributed by atoms with Gasteiger partial charge in [0.15, 0.2) is 11.5 Å². The van der Waals surface area contributed by atoms with Crippen LogP contribution >= 0.6 is 23.2 Å². The van der Waals surface area contributed by atoms with Crippen LogP contribution in [0.2, 0.25) is 10.0 Å². The molecular formula is C23H17Cl2NO4S. The van der Waals surface area contributed by atoms with Crippen LogP contribution in [0.4, 0.5) is 0 Å². The van der Waals surface area contributed by atoms with Crippen LogP contribution in [0.1, 0.15) is 11.1 Å². The lowest BCUT2D eigenvalue weighted by Gasteiger charge is -2.12. The van der Waals surface area contributed by atoms with Gasteiger partial charge in [0, 0.05) is 15.6 Å². The van der Waals surface area contributed by atoms with Gasteiger partial charge in [-0.3, -0.25) is 0 Å². The van der Waals surface area contributed by atoms with Crippen molar-refractivity contribution in [2.75, 3.05) is 7.11 Å². The summed E-state index contributed by atoms with van der Waals surface area (Å²) in [5.41, 5.74) is 1.28. The molecule has 0 aliphatic rings. The fourth-order valence-corrected chi connectivity index (χ4v) is 4.20. The quantitative estimate of drug-likeness (QED) is 0.398. The van der Waals surface area contributed by atoms with Crippen LogP contribution in [0.15, 0.2) is 76.5 Å². The van der Waals surface area contributed by atoms with Gasteiger partial charge in [-0.15, -0.1) is 0 Å². The standard InChI is InChI=1S/C23H17Cl2NO4S/c1-29-23-13-16(6-11-22(23)30-15-17-4-2-3-5-21(17)25)12-20(14-26)31(27,28)19-9-7-18(24)8-10-19/h2-13H,15H2,1H3/b20-12+. The lowest BCUT2D eigenvalue weighted by atomic mass is 10.2. The third-order valence-corrected chi connectivity index (χ3v) is 6.65. The molecule has 0 aliphatic carbocycles. The van der Waals surface area contributed by atoms with E-state index in [1.165, 1.54) is 37.5 Å². The van der Waals surface area contributed by atoms with Crippen molar-refractivity contribution < 1.29 is 17.9 Å². The summed E-state index contributed by atoms with van der Waals surface area (Å²) >= 11 is 12.0. The Morgan fingerprint density at radius 1 is 1.03 bits per heavy atom. The van der Waals surface area contributed by atoms with E-state index in [0.29, 0.717) is 27.1 Å². The van der Waals surface area contributed by atoms with Crippen molar-refractivity contribution in [3.05, 3.63) is 92.8 Å². The third-order valence-electron chi connectivity index (χ3n) is 4.35. The fourth-order valence-electron chi connectivity index (χ4n) is 2.73. The zero-order valence-electron chi connectivity index (χ0n) is 16.4. The highest BCUT2D eigenvalue weighted by Gasteiger charge is 2.21. The molecule has 0 fully saturated rings. The summed E-state index contributed by atoms with van der Waals surface area (Å²) in [6.07, 6.45) is 1.28. The first-order valence-corrected chi connectivity index (χ1v) is 11.3. The highest BCUT2D eigenvalue weighted by atomic mass is 35.5. The number of sulfone groups is 1. The number of hydrogen-bond donors (Lipinski definition) is 0. The Balaban J connectivity index is 1.88. The second-order valence-corrected chi connectivity index (χ2v) is 9.13. The van der Waals surface area contributed by atoms with Crippen LogP contribution in [0.3, 0.4) is 0 Å². The zero-order valence-corrected chi connectivity index (χ0v) is 18.7. The first-order valence-electron chi connectivity index (χ1n) is 9.02. The van der Waals surface area contributed by atoms with Gasteiger partial charge in [0.1, 0.15) is 17.6 Å². The molecular weight excluding hydrogens is 457 g/mol. The number of ether oxygens (including phenoxy) is 2. The molecule has 0 saturated heterocycles. The molecule has 0 radical (unpaired) electrons. The summed E-state index contributed by atoms with van der Waals surface area (Å²) in [5, 5.41) is 10.5. The molecule has 0 aliphatic heterocycles. The van der Waals surface area contributed by atoms with Crippen molar-refractivity contribution in [2.45, 2.75) is 11.5 Å². The van der Waals surface area contributed by atoms with Gasteiger partial charge in [0.05, 0.1) is 12.0 Å².